The Hall–Kier alpha value is -3.77. The third kappa shape index (κ3) is 4.05. The Morgan fingerprint density at radius 1 is 0.818 bits per heavy atom. The number of aromatic nitrogens is 2. The zero-order valence-corrected chi connectivity index (χ0v) is 18.6. The van der Waals surface area contributed by atoms with E-state index < -0.39 is 11.1 Å². The van der Waals surface area contributed by atoms with E-state index in [1.54, 1.807) is 11.6 Å². The van der Waals surface area contributed by atoms with Crippen LogP contribution >= 0.6 is 0 Å². The number of hydrogen-bond donors (Lipinski definition) is 1. The van der Waals surface area contributed by atoms with Gasteiger partial charge in [-0.3, -0.25) is 14.2 Å². The minimum atomic E-state index is -0.506. The summed E-state index contributed by atoms with van der Waals surface area (Å²) in [7, 11) is 1.65. The van der Waals surface area contributed by atoms with Crippen molar-refractivity contribution in [2.45, 2.75) is 18.9 Å². The Balaban J connectivity index is 1.70. The first-order chi connectivity index (χ1) is 16.1. The summed E-state index contributed by atoms with van der Waals surface area (Å²) in [5, 5.41) is 3.32. The molecule has 1 aliphatic rings. The van der Waals surface area contributed by atoms with Crippen LogP contribution in [0.1, 0.15) is 30.0 Å². The van der Waals surface area contributed by atoms with E-state index in [2.05, 4.69) is 5.32 Å². The summed E-state index contributed by atoms with van der Waals surface area (Å²) in [5.41, 5.74) is 4.13. The lowest BCUT2D eigenvalue weighted by Gasteiger charge is -2.26. The second-order valence-electron chi connectivity index (χ2n) is 8.39. The van der Waals surface area contributed by atoms with Gasteiger partial charge in [-0.05, 0) is 44.1 Å². The zero-order valence-electron chi connectivity index (χ0n) is 18.6. The predicted octanol–water partition coefficient (Wildman–Crippen LogP) is 3.79. The number of benzene rings is 3. The zero-order chi connectivity index (χ0) is 22.8. The summed E-state index contributed by atoms with van der Waals surface area (Å²) >= 11 is 0. The molecular weight excluding hydrogens is 412 g/mol. The molecule has 6 heteroatoms. The second kappa shape index (κ2) is 9.00. The van der Waals surface area contributed by atoms with E-state index in [0.717, 1.165) is 54.0 Å². The number of nitrogens with one attached hydrogen (secondary N) is 1. The lowest BCUT2D eigenvalue weighted by atomic mass is 10.0. The summed E-state index contributed by atoms with van der Waals surface area (Å²) < 4.78 is 3.14. The minimum Gasteiger partial charge on any atom is -0.317 e. The Morgan fingerprint density at radius 2 is 1.42 bits per heavy atom. The molecule has 1 aromatic heterocycles. The maximum Gasteiger partial charge on any atom is 0.317 e. The highest BCUT2D eigenvalue weighted by Crippen LogP contribution is 2.26. The van der Waals surface area contributed by atoms with Gasteiger partial charge < -0.3 is 9.88 Å². The second-order valence-corrected chi connectivity index (χ2v) is 8.39. The number of aliphatic imine (C=N–C) groups is 1. The fourth-order valence-corrected chi connectivity index (χ4v) is 4.56. The molecule has 1 saturated heterocycles. The van der Waals surface area contributed by atoms with Gasteiger partial charge in [-0.15, -0.1) is 0 Å². The molecule has 0 radical (unpaired) electrons. The maximum atomic E-state index is 12.9. The van der Waals surface area contributed by atoms with E-state index in [0.29, 0.717) is 5.52 Å². The molecule has 0 atom stereocenters. The van der Waals surface area contributed by atoms with Crippen molar-refractivity contribution in [1.82, 2.24) is 14.5 Å². The van der Waals surface area contributed by atoms with Crippen LogP contribution in [0, 0.1) is 0 Å². The van der Waals surface area contributed by atoms with Gasteiger partial charge in [0.25, 0.3) is 0 Å². The van der Waals surface area contributed by atoms with Crippen LogP contribution in [0.4, 0.5) is 5.69 Å². The standard InChI is InChI=1S/C27H26N4O2/c1-30-24-18-21(29-25(19-8-4-2-5-9-19)20-10-6-3-7-11-20)12-13-23(24)31(27(33)26(30)32)22-14-16-28-17-15-22/h2-13,18,22,28H,14-17H2,1H3. The molecule has 1 N–H and O–H groups in total. The first kappa shape index (κ1) is 21.1. The molecule has 0 unspecified atom stereocenters. The fraction of sp³-hybridized carbons (Fsp3) is 0.222. The highest BCUT2D eigenvalue weighted by atomic mass is 16.2. The summed E-state index contributed by atoms with van der Waals surface area (Å²) in [5.74, 6) is 0. The van der Waals surface area contributed by atoms with E-state index >= 15 is 0 Å². The van der Waals surface area contributed by atoms with E-state index in [4.69, 9.17) is 4.99 Å². The van der Waals surface area contributed by atoms with E-state index in [9.17, 15) is 9.59 Å². The van der Waals surface area contributed by atoms with Gasteiger partial charge in [0.05, 0.1) is 22.4 Å². The first-order valence-corrected chi connectivity index (χ1v) is 11.3. The molecule has 0 aliphatic carbocycles. The number of fused-ring (bicyclic) bond motifs is 1. The quantitative estimate of drug-likeness (QED) is 0.389. The molecule has 3 aromatic carbocycles. The Kier molecular flexibility index (Phi) is 5.75. The predicted molar refractivity (Wildman–Crippen MR) is 133 cm³/mol. The smallest absolute Gasteiger partial charge is 0.317 e. The van der Waals surface area contributed by atoms with Crippen LogP contribution in [0.15, 0.2) is 93.4 Å². The molecule has 0 amide bonds. The number of piperidine rings is 1. The van der Waals surface area contributed by atoms with E-state index in [1.165, 1.54) is 4.57 Å². The first-order valence-electron chi connectivity index (χ1n) is 11.3. The van der Waals surface area contributed by atoms with Crippen LogP contribution in [0.2, 0.25) is 0 Å². The van der Waals surface area contributed by atoms with Gasteiger partial charge in [0.15, 0.2) is 0 Å². The summed E-state index contributed by atoms with van der Waals surface area (Å²) in [6.45, 7) is 1.68. The molecule has 0 saturated carbocycles. The number of rotatable bonds is 4. The summed E-state index contributed by atoms with van der Waals surface area (Å²) in [6.07, 6.45) is 1.66. The van der Waals surface area contributed by atoms with Crippen molar-refractivity contribution in [2.75, 3.05) is 13.1 Å². The van der Waals surface area contributed by atoms with Gasteiger partial charge in [-0.25, -0.2) is 4.99 Å². The SMILES string of the molecule is Cn1c(=O)c(=O)n(C2CCNCC2)c2ccc(N=C(c3ccccc3)c3ccccc3)cc21. The van der Waals surface area contributed by atoms with Gasteiger partial charge in [-0.1, -0.05) is 60.7 Å². The highest BCUT2D eigenvalue weighted by molar-refractivity contribution is 6.14. The Bertz CT molecular complexity index is 1390. The normalized spacial score (nSPS) is 14.3. The molecule has 1 fully saturated rings. The van der Waals surface area contributed by atoms with Crippen LogP contribution in [-0.4, -0.2) is 27.9 Å². The molecule has 4 aromatic rings. The molecular formula is C27H26N4O2. The summed E-state index contributed by atoms with van der Waals surface area (Å²) in [6, 6.07) is 25.9. The maximum absolute atomic E-state index is 12.9. The monoisotopic (exact) mass is 438 g/mol. The molecule has 1 aliphatic heterocycles. The lowest BCUT2D eigenvalue weighted by molar-refractivity contribution is 0.366. The van der Waals surface area contributed by atoms with Crippen LogP contribution < -0.4 is 16.4 Å². The van der Waals surface area contributed by atoms with Crippen molar-refractivity contribution in [3.05, 3.63) is 111 Å². The van der Waals surface area contributed by atoms with Crippen molar-refractivity contribution in [3.63, 3.8) is 0 Å². The van der Waals surface area contributed by atoms with Crippen LogP contribution in [0.3, 0.4) is 0 Å². The van der Waals surface area contributed by atoms with Crippen molar-refractivity contribution < 1.29 is 0 Å². The third-order valence-corrected chi connectivity index (χ3v) is 6.30. The van der Waals surface area contributed by atoms with Gasteiger partial charge in [0.1, 0.15) is 0 Å². The molecule has 33 heavy (non-hydrogen) atoms. The summed E-state index contributed by atoms with van der Waals surface area (Å²) in [4.78, 5) is 30.7. The van der Waals surface area contributed by atoms with Crippen molar-refractivity contribution in [1.29, 1.82) is 0 Å². The van der Waals surface area contributed by atoms with Crippen molar-refractivity contribution >= 4 is 22.4 Å². The van der Waals surface area contributed by atoms with Gasteiger partial charge >= 0.3 is 11.1 Å². The van der Waals surface area contributed by atoms with Crippen LogP contribution in [-0.2, 0) is 7.05 Å². The third-order valence-electron chi connectivity index (χ3n) is 6.30. The van der Waals surface area contributed by atoms with Crippen LogP contribution in [0.25, 0.3) is 11.0 Å². The van der Waals surface area contributed by atoms with Gasteiger partial charge in [-0.2, -0.15) is 0 Å². The average molecular weight is 439 g/mol. The highest BCUT2D eigenvalue weighted by Gasteiger charge is 2.21. The Labute approximate surface area is 191 Å². The number of hydrogen-bond acceptors (Lipinski definition) is 4. The fourth-order valence-electron chi connectivity index (χ4n) is 4.56. The molecule has 0 bridgehead atoms. The van der Waals surface area contributed by atoms with Crippen molar-refractivity contribution in [3.8, 4) is 0 Å². The van der Waals surface area contributed by atoms with Crippen LogP contribution in [0.5, 0.6) is 0 Å². The number of nitrogens with zero attached hydrogens (tertiary/aromatic N) is 3. The molecule has 0 spiro atoms. The topological polar surface area (TPSA) is 68.4 Å². The molecule has 6 nitrogen and oxygen atoms in total. The Morgan fingerprint density at radius 3 is 2.03 bits per heavy atom. The number of aryl methyl sites for hydroxylation is 1. The largest absolute Gasteiger partial charge is 0.317 e. The average Bonchev–Trinajstić information content (AvgIpc) is 2.88. The minimum absolute atomic E-state index is 0.0219. The lowest BCUT2D eigenvalue weighted by Crippen LogP contribution is -2.44. The molecule has 166 valence electrons. The van der Waals surface area contributed by atoms with E-state index in [-0.39, 0.29) is 6.04 Å². The van der Waals surface area contributed by atoms with Gasteiger partial charge in [0.2, 0.25) is 0 Å². The molecule has 2 heterocycles. The molecule has 5 rings (SSSR count). The van der Waals surface area contributed by atoms with E-state index in [1.807, 2.05) is 78.9 Å². The van der Waals surface area contributed by atoms with Gasteiger partial charge in [0, 0.05) is 24.2 Å². The van der Waals surface area contributed by atoms with Crippen molar-refractivity contribution in [2.24, 2.45) is 12.0 Å².